The molecule has 0 aromatic heterocycles. The summed E-state index contributed by atoms with van der Waals surface area (Å²) in [5, 5.41) is 3.31. The minimum Gasteiger partial charge on any atom is -0.413 e. The SMILES string of the molecule is [B]1OCC2CNCCC2O1. The number of piperidine rings is 1. The van der Waals surface area contributed by atoms with Gasteiger partial charge in [-0.3, -0.25) is 0 Å². The first-order chi connectivity index (χ1) is 4.97. The van der Waals surface area contributed by atoms with E-state index in [1.54, 1.807) is 0 Å². The molecule has 1 N–H and O–H groups in total. The lowest BCUT2D eigenvalue weighted by atomic mass is 9.94. The summed E-state index contributed by atoms with van der Waals surface area (Å²) in [6.45, 7) is 2.94. The highest BCUT2D eigenvalue weighted by Crippen LogP contribution is 2.18. The molecule has 0 saturated carbocycles. The molecule has 2 aliphatic heterocycles. The molecule has 1 radical (unpaired) electrons. The third kappa shape index (κ3) is 1.19. The van der Waals surface area contributed by atoms with E-state index in [9.17, 15) is 0 Å². The van der Waals surface area contributed by atoms with Crippen LogP contribution in [0.2, 0.25) is 0 Å². The van der Waals surface area contributed by atoms with Gasteiger partial charge in [-0.25, -0.2) is 0 Å². The second kappa shape index (κ2) is 2.90. The summed E-state index contributed by atoms with van der Waals surface area (Å²) in [4.78, 5) is 0. The molecule has 2 aliphatic rings. The Labute approximate surface area is 61.4 Å². The van der Waals surface area contributed by atoms with Crippen LogP contribution >= 0.6 is 0 Å². The van der Waals surface area contributed by atoms with Crippen molar-refractivity contribution in [3.05, 3.63) is 0 Å². The van der Waals surface area contributed by atoms with E-state index >= 15 is 0 Å². The molecule has 2 unspecified atom stereocenters. The highest BCUT2D eigenvalue weighted by atomic mass is 16.6. The Morgan fingerprint density at radius 1 is 1.50 bits per heavy atom. The van der Waals surface area contributed by atoms with Crippen molar-refractivity contribution in [2.75, 3.05) is 19.7 Å². The van der Waals surface area contributed by atoms with Crippen LogP contribution in [0.15, 0.2) is 0 Å². The molecule has 2 rings (SSSR count). The summed E-state index contributed by atoms with van der Waals surface area (Å²) in [6.07, 6.45) is 1.53. The summed E-state index contributed by atoms with van der Waals surface area (Å²) in [7, 11) is 1.48. The van der Waals surface area contributed by atoms with E-state index in [-0.39, 0.29) is 0 Å². The van der Waals surface area contributed by atoms with Crippen molar-refractivity contribution in [3.63, 3.8) is 0 Å². The van der Waals surface area contributed by atoms with Gasteiger partial charge in [0.05, 0.1) is 0 Å². The molecular weight excluding hydrogens is 129 g/mol. The maximum Gasteiger partial charge on any atom is 0.488 e. The Balaban J connectivity index is 1.93. The van der Waals surface area contributed by atoms with Crippen molar-refractivity contribution in [1.29, 1.82) is 0 Å². The van der Waals surface area contributed by atoms with Gasteiger partial charge in [0.15, 0.2) is 0 Å². The smallest absolute Gasteiger partial charge is 0.413 e. The van der Waals surface area contributed by atoms with Crippen molar-refractivity contribution in [2.45, 2.75) is 12.5 Å². The molecule has 2 heterocycles. The van der Waals surface area contributed by atoms with Crippen LogP contribution in [-0.2, 0) is 9.31 Å². The minimum atomic E-state index is 0.412. The van der Waals surface area contributed by atoms with Crippen molar-refractivity contribution in [2.24, 2.45) is 5.92 Å². The maximum atomic E-state index is 5.29. The number of hydrogen-bond acceptors (Lipinski definition) is 3. The van der Waals surface area contributed by atoms with E-state index in [1.165, 1.54) is 7.69 Å². The molecule has 3 nitrogen and oxygen atoms in total. The lowest BCUT2D eigenvalue weighted by Gasteiger charge is -2.35. The molecule has 0 spiro atoms. The van der Waals surface area contributed by atoms with Gasteiger partial charge in [0.1, 0.15) is 0 Å². The van der Waals surface area contributed by atoms with Gasteiger partial charge < -0.3 is 14.6 Å². The van der Waals surface area contributed by atoms with Crippen molar-refractivity contribution < 1.29 is 9.31 Å². The normalized spacial score (nSPS) is 40.0. The molecule has 0 bridgehead atoms. The van der Waals surface area contributed by atoms with E-state index < -0.39 is 0 Å². The fraction of sp³-hybridized carbons (Fsp3) is 1.00. The predicted octanol–water partition coefficient (Wildman–Crippen LogP) is -0.455. The highest BCUT2D eigenvalue weighted by Gasteiger charge is 2.29. The molecular formula is C6H11BNO2. The minimum absolute atomic E-state index is 0.412. The van der Waals surface area contributed by atoms with E-state index in [1.807, 2.05) is 0 Å². The molecule has 0 aliphatic carbocycles. The third-order valence-corrected chi connectivity index (χ3v) is 2.15. The van der Waals surface area contributed by atoms with Gasteiger partial charge >= 0.3 is 7.69 Å². The van der Waals surface area contributed by atoms with Crippen molar-refractivity contribution >= 4 is 7.69 Å². The summed E-state index contributed by atoms with van der Waals surface area (Å²) in [6, 6.07) is 0. The Bertz CT molecular complexity index is 96.3. The average Bonchev–Trinajstić information content (AvgIpc) is 2.05. The van der Waals surface area contributed by atoms with Crippen LogP contribution in [0.25, 0.3) is 0 Å². The van der Waals surface area contributed by atoms with Crippen LogP contribution in [0.3, 0.4) is 0 Å². The van der Waals surface area contributed by atoms with Gasteiger partial charge in [-0.15, -0.1) is 0 Å². The van der Waals surface area contributed by atoms with Gasteiger partial charge in [0.2, 0.25) is 0 Å². The first-order valence-electron chi connectivity index (χ1n) is 3.76. The van der Waals surface area contributed by atoms with Crippen LogP contribution in [-0.4, -0.2) is 33.5 Å². The number of fused-ring (bicyclic) bond motifs is 1. The molecule has 10 heavy (non-hydrogen) atoms. The molecule has 0 amide bonds. The Hall–Kier alpha value is -0.0551. The standard InChI is InChI=1S/C6H11BNO2/c1-2-8-3-5-4-9-7-10-6(1)5/h5-6,8H,1-4H2. The zero-order valence-corrected chi connectivity index (χ0v) is 5.88. The van der Waals surface area contributed by atoms with Crippen LogP contribution < -0.4 is 5.32 Å². The first kappa shape index (κ1) is 6.64. The van der Waals surface area contributed by atoms with Gasteiger partial charge in [0.25, 0.3) is 0 Å². The zero-order chi connectivity index (χ0) is 6.81. The van der Waals surface area contributed by atoms with Crippen LogP contribution in [0.1, 0.15) is 6.42 Å². The zero-order valence-electron chi connectivity index (χ0n) is 5.88. The van der Waals surface area contributed by atoms with E-state index in [0.717, 1.165) is 26.1 Å². The molecule has 0 aromatic rings. The largest absolute Gasteiger partial charge is 0.488 e. The second-order valence-corrected chi connectivity index (χ2v) is 2.86. The summed E-state index contributed by atoms with van der Waals surface area (Å²) >= 11 is 0. The van der Waals surface area contributed by atoms with E-state index in [0.29, 0.717) is 12.0 Å². The first-order valence-corrected chi connectivity index (χ1v) is 3.76. The highest BCUT2D eigenvalue weighted by molar-refractivity contribution is 6.18. The lowest BCUT2D eigenvalue weighted by Crippen LogP contribution is -2.47. The predicted molar refractivity (Wildman–Crippen MR) is 37.6 cm³/mol. The van der Waals surface area contributed by atoms with Crippen molar-refractivity contribution in [1.82, 2.24) is 5.32 Å². The summed E-state index contributed by atoms with van der Waals surface area (Å²) < 4.78 is 10.3. The summed E-state index contributed by atoms with van der Waals surface area (Å²) in [5.74, 6) is 0.568. The summed E-state index contributed by atoms with van der Waals surface area (Å²) in [5.41, 5.74) is 0. The number of nitrogens with one attached hydrogen (secondary N) is 1. The quantitative estimate of drug-likeness (QED) is 0.462. The van der Waals surface area contributed by atoms with E-state index in [4.69, 9.17) is 9.31 Å². The molecule has 2 atom stereocenters. The van der Waals surface area contributed by atoms with E-state index in [2.05, 4.69) is 5.32 Å². The van der Waals surface area contributed by atoms with Crippen molar-refractivity contribution in [3.8, 4) is 0 Å². The van der Waals surface area contributed by atoms with Gasteiger partial charge in [-0.2, -0.15) is 0 Å². The van der Waals surface area contributed by atoms with Gasteiger partial charge in [0, 0.05) is 25.2 Å². The van der Waals surface area contributed by atoms with Gasteiger partial charge in [-0.1, -0.05) is 0 Å². The van der Waals surface area contributed by atoms with Gasteiger partial charge in [-0.05, 0) is 13.0 Å². The third-order valence-electron chi connectivity index (χ3n) is 2.15. The average molecular weight is 140 g/mol. The molecule has 2 saturated heterocycles. The molecule has 4 heteroatoms. The second-order valence-electron chi connectivity index (χ2n) is 2.86. The molecule has 55 valence electrons. The topological polar surface area (TPSA) is 30.5 Å². The van der Waals surface area contributed by atoms with Crippen LogP contribution in [0.5, 0.6) is 0 Å². The lowest BCUT2D eigenvalue weighted by molar-refractivity contribution is 0.00964. The monoisotopic (exact) mass is 140 g/mol. The number of rotatable bonds is 0. The Morgan fingerprint density at radius 2 is 2.50 bits per heavy atom. The number of hydrogen-bond donors (Lipinski definition) is 1. The fourth-order valence-electron chi connectivity index (χ4n) is 1.52. The Kier molecular flexibility index (Phi) is 1.93. The van der Waals surface area contributed by atoms with Crippen LogP contribution in [0, 0.1) is 5.92 Å². The molecule has 2 fully saturated rings. The Morgan fingerprint density at radius 3 is 3.40 bits per heavy atom. The van der Waals surface area contributed by atoms with Crippen LogP contribution in [0.4, 0.5) is 0 Å². The molecule has 0 aromatic carbocycles. The fourth-order valence-corrected chi connectivity index (χ4v) is 1.52. The maximum absolute atomic E-state index is 5.29.